The number of ether oxygens (including phenoxy) is 11. The number of aromatic nitrogens is 8. The van der Waals surface area contributed by atoms with E-state index in [9.17, 15) is 53.7 Å². The maximum absolute atomic E-state index is 14.9. The number of methoxy groups -OCH3 is 3. The van der Waals surface area contributed by atoms with E-state index in [0.717, 1.165) is 35.0 Å². The summed E-state index contributed by atoms with van der Waals surface area (Å²) in [6, 6.07) is 12.7. The number of benzene rings is 2. The first-order valence-electron chi connectivity index (χ1n) is 46.0. The molecule has 712 valence electrons. The van der Waals surface area contributed by atoms with Gasteiger partial charge in [0.25, 0.3) is 17.6 Å². The summed E-state index contributed by atoms with van der Waals surface area (Å²) in [7, 11) is 4.59. The smallest absolute Gasteiger partial charge is 0.329 e. The van der Waals surface area contributed by atoms with Crippen molar-refractivity contribution < 1.29 is 106 Å². The number of allylic oxidation sites excluding steroid dienone is 6. The normalized spacial score (nSPS) is 26.1. The van der Waals surface area contributed by atoms with Crippen LogP contribution in [-0.2, 0) is 92.2 Å². The number of nitrogens with zero attached hydrogens (tertiary/aromatic N) is 8. The molecule has 3 aliphatic heterocycles. The first-order chi connectivity index (χ1) is 62.7. The van der Waals surface area contributed by atoms with Gasteiger partial charge >= 0.3 is 5.97 Å². The topological polar surface area (TPSA) is 442 Å². The Kier molecular flexibility index (Phi) is 40.9. The second kappa shape index (κ2) is 51.9. The molecule has 130 heavy (non-hydrogen) atoms. The number of esters is 1. The number of hydrogen-bond donors (Lipinski definition) is 7. The van der Waals surface area contributed by atoms with Crippen LogP contribution in [0.3, 0.4) is 0 Å². The third kappa shape index (κ3) is 29.7. The standard InChI is InChI=1S/C96H136N12O22/c1-61-20-12-11-13-21-62(2)81(120-8)57-74-29-26-67(7)96(119,130-74)90(115)94(117)106-36-16-14-25-79(106)95(118)129-82(58-80(111)63(3)51-66(6)88(114)89(122-10)87(113)65(5)50-61)64(4)52-68-27-31-78(83(53-68)121-9)108-59-77(103-105-108)69-22-18-23-70(54-69)93(116)99-35-41-126-45-49-128-47-43-124-39-32-72(109)24-19-38-123-42-46-127-48-44-125-40-33-84(112)98-34-15-17-37-107-92-85(91(97)100-60-101-92)86(104-107)76-56-71-55-73(110)28-30-75(71)102-76/h11-13,18,20-23,28,30,51,54-56,59-61,63-65,67-68,74,78-79,81-83,88-89,102,110,114,119H,14-17,19,24-27,29,31-50,52-53,57-58H2,1-10H3,(H,98,112)(H,99,116)(H2,97,100,101)/b13-11+,20-12+,62-21+,66-51+/t61-,63-,64-,65-,67-,68+,74+,78+,79+,81+,82+,83-,88-,89+,96-/m1/s1. The van der Waals surface area contributed by atoms with Crippen LogP contribution in [0.4, 0.5) is 5.82 Å². The number of carbonyl (C=O) groups excluding carboxylic acids is 8. The Morgan fingerprint density at radius 3 is 2.21 bits per heavy atom. The third-order valence-electron chi connectivity index (χ3n) is 25.0. The van der Waals surface area contributed by atoms with Gasteiger partial charge in [0.1, 0.15) is 65.2 Å². The van der Waals surface area contributed by atoms with Crippen LogP contribution in [0.2, 0.25) is 0 Å². The van der Waals surface area contributed by atoms with Crippen LogP contribution in [0.15, 0.2) is 109 Å². The fourth-order valence-electron chi connectivity index (χ4n) is 17.4. The number of aliphatic hydroxyl groups is 2. The van der Waals surface area contributed by atoms with Crippen LogP contribution < -0.4 is 16.4 Å². The number of rotatable bonds is 40. The summed E-state index contributed by atoms with van der Waals surface area (Å²) < 4.78 is 67.8. The number of H-pyrrole nitrogens is 1. The van der Waals surface area contributed by atoms with Crippen LogP contribution in [0.25, 0.3) is 44.6 Å². The Morgan fingerprint density at radius 2 is 1.47 bits per heavy atom. The molecule has 2 aromatic carbocycles. The minimum Gasteiger partial charge on any atom is -0.508 e. The third-order valence-corrected chi connectivity index (χ3v) is 25.0. The van der Waals surface area contributed by atoms with Crippen molar-refractivity contribution in [3.63, 3.8) is 0 Å². The van der Waals surface area contributed by atoms with Crippen molar-refractivity contribution in [1.29, 1.82) is 0 Å². The number of aryl methyl sites for hydroxylation is 1. The molecule has 1 aliphatic carbocycles. The van der Waals surface area contributed by atoms with Gasteiger partial charge in [0, 0.05) is 126 Å². The second-order valence-corrected chi connectivity index (χ2v) is 34.9. The number of amides is 3. The number of carbonyl (C=O) groups is 8. The first kappa shape index (κ1) is 102. The monoisotopic (exact) mass is 1810 g/mol. The van der Waals surface area contributed by atoms with Crippen molar-refractivity contribution in [3.05, 3.63) is 114 Å². The molecule has 1 saturated carbocycles. The summed E-state index contributed by atoms with van der Waals surface area (Å²) in [4.78, 5) is 124. The number of anilines is 1. The molecule has 7 heterocycles. The molecule has 3 fully saturated rings. The highest BCUT2D eigenvalue weighted by atomic mass is 16.6. The van der Waals surface area contributed by atoms with E-state index in [-0.39, 0.29) is 124 Å². The number of hydrogen-bond acceptors (Lipinski definition) is 28. The Bertz CT molecular complexity index is 4810. The number of aliphatic hydroxyl groups excluding tert-OH is 1. The molecule has 15 atom stereocenters. The zero-order chi connectivity index (χ0) is 93.2. The molecule has 3 amide bonds. The fourth-order valence-corrected chi connectivity index (χ4v) is 17.4. The zero-order valence-electron chi connectivity index (χ0n) is 77.1. The molecule has 2 bridgehead atoms. The molecule has 4 aliphatic rings. The van der Waals surface area contributed by atoms with Crippen LogP contribution >= 0.6 is 0 Å². The molecular weight excluding hydrogens is 1670 g/mol. The Hall–Kier alpha value is -9.69. The number of phenolic OH excluding ortho intramolecular Hbond substituents is 1. The summed E-state index contributed by atoms with van der Waals surface area (Å²) in [5.41, 5.74) is 12.0. The number of aromatic amines is 1. The van der Waals surface area contributed by atoms with E-state index in [4.69, 9.17) is 62.9 Å². The number of piperidine rings is 1. The summed E-state index contributed by atoms with van der Waals surface area (Å²) in [6.07, 6.45) is 17.3. The van der Waals surface area contributed by atoms with Gasteiger partial charge in [0.2, 0.25) is 11.7 Å². The van der Waals surface area contributed by atoms with E-state index < -0.39 is 83.7 Å². The van der Waals surface area contributed by atoms with Crippen molar-refractivity contribution in [2.45, 2.75) is 225 Å². The predicted octanol–water partition coefficient (Wildman–Crippen LogP) is 10.5. The zero-order valence-corrected chi connectivity index (χ0v) is 77.1. The van der Waals surface area contributed by atoms with Gasteiger partial charge in [-0.1, -0.05) is 88.4 Å². The lowest BCUT2D eigenvalue weighted by molar-refractivity contribution is -0.265. The van der Waals surface area contributed by atoms with Gasteiger partial charge in [-0.15, -0.1) is 5.10 Å². The van der Waals surface area contributed by atoms with Crippen molar-refractivity contribution in [1.82, 2.24) is 55.3 Å². The maximum atomic E-state index is 14.9. The van der Waals surface area contributed by atoms with Crippen molar-refractivity contribution in [2.24, 2.45) is 35.5 Å². The molecule has 4 aromatic heterocycles. The summed E-state index contributed by atoms with van der Waals surface area (Å²) in [5.74, 6) is -8.40. The van der Waals surface area contributed by atoms with Crippen LogP contribution in [0.1, 0.15) is 180 Å². The van der Waals surface area contributed by atoms with Gasteiger partial charge in [0.05, 0.1) is 114 Å². The van der Waals surface area contributed by atoms with Crippen LogP contribution in [-0.4, -0.2) is 275 Å². The van der Waals surface area contributed by atoms with E-state index >= 15 is 0 Å². The molecule has 0 unspecified atom stereocenters. The molecule has 10 rings (SSSR count). The Balaban J connectivity index is 0.590. The predicted molar refractivity (Wildman–Crippen MR) is 485 cm³/mol. The Labute approximate surface area is 761 Å². The van der Waals surface area contributed by atoms with Gasteiger partial charge in [0.15, 0.2) is 11.4 Å². The van der Waals surface area contributed by atoms with Crippen LogP contribution in [0.5, 0.6) is 5.75 Å². The van der Waals surface area contributed by atoms with Gasteiger partial charge in [-0.2, -0.15) is 5.10 Å². The van der Waals surface area contributed by atoms with E-state index in [1.54, 1.807) is 86.8 Å². The van der Waals surface area contributed by atoms with Gasteiger partial charge in [-0.3, -0.25) is 33.6 Å². The lowest BCUT2D eigenvalue weighted by Gasteiger charge is -2.42. The SMILES string of the molecule is CO[C@H]1C[C@@H]2CC[C@@H](C)[C@@](O)(O2)C(=O)C(=O)N2CCCC[C@H]2C(=O)O[C@H]([C@H](C)C[C@@H]2CC[C@H](n3cc(-c4cccc(C(=O)NCCOCCOCCOCCC(=O)CCCOCCOCCOCCC(=O)NCCCCn5nc(-c6cc7cc(O)ccc7[nH]6)c6c(N)ncnc65)c4)nn3)[C@H](OC)C2)CC(=O)[C@H](C)/C=C(\C)[C@@H](O)[C@@H](OC)C(=O)[C@H](C)C[C@H](C)/C=C/C=C/C=C/1C. The van der Waals surface area contributed by atoms with E-state index in [0.29, 0.717) is 188 Å². The number of fused-ring (bicyclic) bond motifs is 5. The average Bonchev–Trinajstić information content (AvgIpc) is 1.60. The number of aromatic hydroxyl groups is 1. The molecule has 34 nitrogen and oxygen atoms in total. The number of nitrogens with two attached hydrogens (primary N) is 1. The van der Waals surface area contributed by atoms with Crippen molar-refractivity contribution in [3.8, 4) is 28.4 Å². The van der Waals surface area contributed by atoms with Crippen LogP contribution in [0, 0.1) is 35.5 Å². The van der Waals surface area contributed by atoms with E-state index in [1.807, 2.05) is 76.4 Å². The number of Topliss-reactive ketones (excluding diaryl/α,β-unsaturated/α-hetero) is 4. The lowest BCUT2D eigenvalue weighted by Crippen LogP contribution is -2.61. The second-order valence-electron chi connectivity index (χ2n) is 34.9. The highest BCUT2D eigenvalue weighted by molar-refractivity contribution is 6.39. The highest BCUT2D eigenvalue weighted by Gasteiger charge is 2.53. The van der Waals surface area contributed by atoms with Gasteiger partial charge in [-0.25, -0.2) is 24.1 Å². The minimum absolute atomic E-state index is 0.0206. The average molecular weight is 1810 g/mol. The van der Waals surface area contributed by atoms with Crippen molar-refractivity contribution in [2.75, 3.05) is 126 Å². The number of nitrogen functional groups attached to an aromatic ring is 1. The molecule has 2 saturated heterocycles. The minimum atomic E-state index is -2.49. The molecule has 8 N–H and O–H groups in total. The number of cyclic esters (lactones) is 1. The van der Waals surface area contributed by atoms with E-state index in [2.05, 4.69) is 35.9 Å². The molecule has 6 aromatic rings. The fraction of sp³-hybridized carbons (Fsp3) is 0.615. The van der Waals surface area contributed by atoms with Gasteiger partial charge < -0.3 is 93.7 Å². The number of phenols is 1. The molecule has 0 radical (unpaired) electrons. The summed E-state index contributed by atoms with van der Waals surface area (Å²) in [6.45, 7) is 17.9. The molecular formula is C96H136N12O22. The van der Waals surface area contributed by atoms with Crippen molar-refractivity contribution >= 4 is 74.6 Å². The Morgan fingerprint density at radius 1 is 0.738 bits per heavy atom. The van der Waals surface area contributed by atoms with E-state index in [1.165, 1.54) is 18.3 Å². The molecule has 34 heteroatoms. The largest absolute Gasteiger partial charge is 0.508 e. The first-order valence-corrected chi connectivity index (χ1v) is 46.0. The number of nitrogens with one attached hydrogen (secondary N) is 3. The highest BCUT2D eigenvalue weighted by Crippen LogP contribution is 2.41. The quantitative estimate of drug-likeness (QED) is 0.00813. The summed E-state index contributed by atoms with van der Waals surface area (Å²) >= 11 is 0. The van der Waals surface area contributed by atoms with Gasteiger partial charge in [-0.05, 0) is 163 Å². The summed E-state index contributed by atoms with van der Waals surface area (Å²) in [5, 5.41) is 55.0. The number of ketones is 4. The molecule has 0 spiro atoms. The number of unbranched alkanes of at least 4 members (excludes halogenated alkanes) is 1. The maximum Gasteiger partial charge on any atom is 0.329 e. The lowest BCUT2D eigenvalue weighted by atomic mass is 9.77.